The average molecular weight is 339 g/mol. The van der Waals surface area contributed by atoms with Crippen LogP contribution in [0.3, 0.4) is 0 Å². The van der Waals surface area contributed by atoms with E-state index in [9.17, 15) is 8.42 Å². The molecule has 0 aliphatic carbocycles. The first kappa shape index (κ1) is 16.5. The van der Waals surface area contributed by atoms with Crippen molar-refractivity contribution >= 4 is 26.5 Å². The van der Waals surface area contributed by atoms with Gasteiger partial charge in [-0.2, -0.15) is 0 Å². The molecule has 0 bridgehead atoms. The predicted molar refractivity (Wildman–Crippen MR) is 99.9 cm³/mol. The Balaban J connectivity index is 2.09. The van der Waals surface area contributed by atoms with E-state index in [1.807, 2.05) is 68.4 Å². The average Bonchev–Trinajstić information content (AvgIpc) is 2.59. The van der Waals surface area contributed by atoms with Crippen LogP contribution in [0.25, 0.3) is 10.8 Å². The van der Waals surface area contributed by atoms with E-state index < -0.39 is 10.0 Å². The van der Waals surface area contributed by atoms with Gasteiger partial charge in [0.2, 0.25) is 0 Å². The zero-order valence-electron chi connectivity index (χ0n) is 13.9. The van der Waals surface area contributed by atoms with Crippen molar-refractivity contribution in [2.45, 2.75) is 25.2 Å². The van der Waals surface area contributed by atoms with E-state index in [1.54, 1.807) is 12.1 Å². The lowest BCUT2D eigenvalue weighted by Gasteiger charge is -2.24. The normalized spacial score (nSPS) is 11.6. The number of benzene rings is 3. The minimum atomic E-state index is -3.57. The molecule has 0 saturated carbocycles. The van der Waals surface area contributed by atoms with Gasteiger partial charge in [0.25, 0.3) is 10.0 Å². The SMILES string of the molecule is CCCN(c1ccc2ccccc2c1)S(=O)(=O)c1ccc(C)cc1. The molecular formula is C20H21NO2S. The van der Waals surface area contributed by atoms with E-state index >= 15 is 0 Å². The van der Waals surface area contributed by atoms with Crippen LogP contribution in [-0.4, -0.2) is 15.0 Å². The van der Waals surface area contributed by atoms with Crippen LogP contribution >= 0.6 is 0 Å². The Morgan fingerprint density at radius 3 is 2.21 bits per heavy atom. The first-order chi connectivity index (χ1) is 11.5. The second kappa shape index (κ2) is 6.65. The van der Waals surface area contributed by atoms with Gasteiger partial charge in [0.05, 0.1) is 10.6 Å². The molecular weight excluding hydrogens is 318 g/mol. The quantitative estimate of drug-likeness (QED) is 0.672. The Bertz CT molecular complexity index is 947. The molecule has 0 heterocycles. The Morgan fingerprint density at radius 1 is 0.875 bits per heavy atom. The molecule has 0 fully saturated rings. The van der Waals surface area contributed by atoms with Gasteiger partial charge in [-0.25, -0.2) is 8.42 Å². The third-order valence-electron chi connectivity index (χ3n) is 4.06. The van der Waals surface area contributed by atoms with Gasteiger partial charge in [0.1, 0.15) is 0 Å². The summed E-state index contributed by atoms with van der Waals surface area (Å²) in [4.78, 5) is 0.328. The number of hydrogen-bond donors (Lipinski definition) is 0. The van der Waals surface area contributed by atoms with Crippen molar-refractivity contribution in [2.24, 2.45) is 0 Å². The first-order valence-electron chi connectivity index (χ1n) is 8.10. The monoisotopic (exact) mass is 339 g/mol. The van der Waals surface area contributed by atoms with Gasteiger partial charge in [-0.15, -0.1) is 0 Å². The molecule has 4 heteroatoms. The van der Waals surface area contributed by atoms with Crippen molar-refractivity contribution in [3.05, 3.63) is 72.3 Å². The molecule has 0 N–H and O–H groups in total. The molecule has 0 saturated heterocycles. The van der Waals surface area contributed by atoms with Gasteiger partial charge in [-0.3, -0.25) is 4.31 Å². The number of anilines is 1. The van der Waals surface area contributed by atoms with Crippen molar-refractivity contribution in [3.8, 4) is 0 Å². The van der Waals surface area contributed by atoms with Gasteiger partial charge in [-0.05, 0) is 48.4 Å². The summed E-state index contributed by atoms with van der Waals surface area (Å²) in [6.07, 6.45) is 0.748. The van der Waals surface area contributed by atoms with Crippen LogP contribution < -0.4 is 4.31 Å². The van der Waals surface area contributed by atoms with Crippen LogP contribution in [0, 0.1) is 6.92 Å². The third kappa shape index (κ3) is 3.15. The largest absolute Gasteiger partial charge is 0.266 e. The maximum absolute atomic E-state index is 13.1. The smallest absolute Gasteiger partial charge is 0.264 e. The van der Waals surface area contributed by atoms with E-state index in [4.69, 9.17) is 0 Å². The molecule has 0 atom stereocenters. The van der Waals surface area contributed by atoms with Crippen molar-refractivity contribution in [3.63, 3.8) is 0 Å². The summed E-state index contributed by atoms with van der Waals surface area (Å²) < 4.78 is 27.7. The first-order valence-corrected chi connectivity index (χ1v) is 9.54. The predicted octanol–water partition coefficient (Wildman–Crippen LogP) is 4.75. The fourth-order valence-electron chi connectivity index (χ4n) is 2.76. The number of fused-ring (bicyclic) bond motifs is 1. The summed E-state index contributed by atoms with van der Waals surface area (Å²) in [5, 5.41) is 2.14. The lowest BCUT2D eigenvalue weighted by molar-refractivity contribution is 0.590. The van der Waals surface area contributed by atoms with Crippen molar-refractivity contribution < 1.29 is 8.42 Å². The van der Waals surface area contributed by atoms with E-state index in [0.717, 1.165) is 22.8 Å². The van der Waals surface area contributed by atoms with E-state index in [1.165, 1.54) is 4.31 Å². The highest BCUT2D eigenvalue weighted by Gasteiger charge is 2.24. The van der Waals surface area contributed by atoms with E-state index in [2.05, 4.69) is 0 Å². The van der Waals surface area contributed by atoms with Crippen molar-refractivity contribution in [1.29, 1.82) is 0 Å². The lowest BCUT2D eigenvalue weighted by Crippen LogP contribution is -2.31. The highest BCUT2D eigenvalue weighted by molar-refractivity contribution is 7.92. The highest BCUT2D eigenvalue weighted by atomic mass is 32.2. The highest BCUT2D eigenvalue weighted by Crippen LogP contribution is 2.27. The topological polar surface area (TPSA) is 37.4 Å². The molecule has 3 aromatic carbocycles. The summed E-state index contributed by atoms with van der Waals surface area (Å²) >= 11 is 0. The van der Waals surface area contributed by atoms with Gasteiger partial charge >= 0.3 is 0 Å². The minimum Gasteiger partial charge on any atom is -0.266 e. The summed E-state index contributed by atoms with van der Waals surface area (Å²) in [6, 6.07) is 20.8. The standard InChI is InChI=1S/C20H21NO2S/c1-3-14-21(24(22,23)20-12-8-16(2)9-13-20)19-11-10-17-6-4-5-7-18(17)15-19/h4-13,15H,3,14H2,1-2H3. The van der Waals surface area contributed by atoms with Gasteiger partial charge in [-0.1, -0.05) is 55.0 Å². The van der Waals surface area contributed by atoms with Gasteiger partial charge in [0.15, 0.2) is 0 Å². The zero-order valence-corrected chi connectivity index (χ0v) is 14.8. The second-order valence-electron chi connectivity index (χ2n) is 5.92. The third-order valence-corrected chi connectivity index (χ3v) is 5.90. The number of nitrogens with zero attached hydrogens (tertiary/aromatic N) is 1. The number of sulfonamides is 1. The fraction of sp³-hybridized carbons (Fsp3) is 0.200. The van der Waals surface area contributed by atoms with Crippen LogP contribution in [0.15, 0.2) is 71.6 Å². The Hall–Kier alpha value is -2.33. The van der Waals surface area contributed by atoms with Crippen molar-refractivity contribution in [1.82, 2.24) is 0 Å². The van der Waals surface area contributed by atoms with Crippen LogP contribution in [0.5, 0.6) is 0 Å². The molecule has 0 aromatic heterocycles. The molecule has 3 rings (SSSR count). The van der Waals surface area contributed by atoms with Crippen LogP contribution in [0.4, 0.5) is 5.69 Å². The number of rotatable bonds is 5. The zero-order chi connectivity index (χ0) is 17.2. The van der Waals surface area contributed by atoms with Crippen molar-refractivity contribution in [2.75, 3.05) is 10.8 Å². The van der Waals surface area contributed by atoms with Gasteiger partial charge in [0, 0.05) is 6.54 Å². The summed E-state index contributed by atoms with van der Waals surface area (Å²) in [7, 11) is -3.57. The summed E-state index contributed by atoms with van der Waals surface area (Å²) in [5.74, 6) is 0. The minimum absolute atomic E-state index is 0.328. The summed E-state index contributed by atoms with van der Waals surface area (Å²) in [5.41, 5.74) is 1.75. The number of hydrogen-bond acceptors (Lipinski definition) is 2. The molecule has 0 aliphatic rings. The maximum Gasteiger partial charge on any atom is 0.264 e. The maximum atomic E-state index is 13.1. The number of aryl methyl sites for hydroxylation is 1. The molecule has 0 aliphatic heterocycles. The Morgan fingerprint density at radius 2 is 1.54 bits per heavy atom. The molecule has 0 radical (unpaired) electrons. The molecule has 124 valence electrons. The Kier molecular flexibility index (Phi) is 4.58. The fourth-order valence-corrected chi connectivity index (χ4v) is 4.31. The lowest BCUT2D eigenvalue weighted by atomic mass is 10.1. The molecule has 0 amide bonds. The second-order valence-corrected chi connectivity index (χ2v) is 7.78. The van der Waals surface area contributed by atoms with Crippen LogP contribution in [0.1, 0.15) is 18.9 Å². The molecule has 24 heavy (non-hydrogen) atoms. The van der Waals surface area contributed by atoms with E-state index in [-0.39, 0.29) is 0 Å². The van der Waals surface area contributed by atoms with Crippen LogP contribution in [-0.2, 0) is 10.0 Å². The molecule has 0 spiro atoms. The molecule has 3 nitrogen and oxygen atoms in total. The molecule has 3 aromatic rings. The van der Waals surface area contributed by atoms with Crippen LogP contribution in [0.2, 0.25) is 0 Å². The Labute approximate surface area is 143 Å². The van der Waals surface area contributed by atoms with Gasteiger partial charge < -0.3 is 0 Å². The molecule has 0 unspecified atom stereocenters. The summed E-state index contributed by atoms with van der Waals surface area (Å²) in [6.45, 7) is 4.39. The van der Waals surface area contributed by atoms with E-state index in [0.29, 0.717) is 17.1 Å².